The molecule has 6 nitrogen and oxygen atoms in total. The molecule has 0 saturated carbocycles. The molecule has 1 N–H and O–H groups in total. The van der Waals surface area contributed by atoms with Crippen molar-refractivity contribution >= 4 is 11.9 Å². The fraction of sp³-hybridized carbons (Fsp3) is 0.421. The lowest BCUT2D eigenvalue weighted by Crippen LogP contribution is -2.36. The van der Waals surface area contributed by atoms with Gasteiger partial charge in [-0.05, 0) is 44.4 Å². The molecule has 1 unspecified atom stereocenters. The number of aromatic nitrogens is 2. The summed E-state index contributed by atoms with van der Waals surface area (Å²) in [5.74, 6) is 1.27. The van der Waals surface area contributed by atoms with Gasteiger partial charge in [-0.1, -0.05) is 18.2 Å². The minimum atomic E-state index is -0.564. The molecule has 0 spiro atoms. The van der Waals surface area contributed by atoms with E-state index in [4.69, 9.17) is 4.74 Å². The number of nitrogens with zero attached hydrogens (tertiary/aromatic N) is 3. The van der Waals surface area contributed by atoms with Gasteiger partial charge in [0, 0.05) is 19.3 Å². The first kappa shape index (κ1) is 17.2. The van der Waals surface area contributed by atoms with Gasteiger partial charge in [-0.15, -0.1) is 0 Å². The van der Waals surface area contributed by atoms with Crippen LogP contribution in [0.1, 0.15) is 31.9 Å². The highest BCUT2D eigenvalue weighted by atomic mass is 16.5. The third kappa shape index (κ3) is 4.92. The Morgan fingerprint density at radius 2 is 1.96 bits per heavy atom. The molecule has 1 fully saturated rings. The molecule has 0 bridgehead atoms. The fourth-order valence-electron chi connectivity index (χ4n) is 2.81. The van der Waals surface area contributed by atoms with E-state index in [-0.39, 0.29) is 5.91 Å². The predicted octanol–water partition coefficient (Wildman–Crippen LogP) is 2.55. The van der Waals surface area contributed by atoms with Crippen LogP contribution in [0.15, 0.2) is 42.6 Å². The van der Waals surface area contributed by atoms with Crippen LogP contribution in [0.4, 0.5) is 5.95 Å². The zero-order valence-corrected chi connectivity index (χ0v) is 14.5. The van der Waals surface area contributed by atoms with E-state index in [1.165, 1.54) is 19.3 Å². The molecule has 2 heterocycles. The highest BCUT2D eigenvalue weighted by molar-refractivity contribution is 5.80. The van der Waals surface area contributed by atoms with Crippen molar-refractivity contribution in [2.45, 2.75) is 38.8 Å². The Morgan fingerprint density at radius 3 is 2.72 bits per heavy atom. The van der Waals surface area contributed by atoms with Crippen molar-refractivity contribution in [1.29, 1.82) is 0 Å². The van der Waals surface area contributed by atoms with Gasteiger partial charge in [0.1, 0.15) is 5.75 Å². The Labute approximate surface area is 148 Å². The molecule has 6 heteroatoms. The molecule has 1 amide bonds. The third-order valence-corrected chi connectivity index (χ3v) is 4.21. The van der Waals surface area contributed by atoms with Gasteiger partial charge in [-0.25, -0.2) is 9.97 Å². The predicted molar refractivity (Wildman–Crippen MR) is 96.5 cm³/mol. The molecule has 1 saturated heterocycles. The Balaban J connectivity index is 1.53. The van der Waals surface area contributed by atoms with Gasteiger partial charge in [0.05, 0.1) is 12.2 Å². The summed E-state index contributed by atoms with van der Waals surface area (Å²) in [6.45, 7) is 4.10. The number of hydrogen-bond donors (Lipinski definition) is 1. The number of anilines is 1. The first-order chi connectivity index (χ1) is 12.2. The van der Waals surface area contributed by atoms with Crippen LogP contribution in [0.5, 0.6) is 5.75 Å². The summed E-state index contributed by atoms with van der Waals surface area (Å²) in [4.78, 5) is 23.4. The smallest absolute Gasteiger partial charge is 0.261 e. The molecule has 0 aliphatic carbocycles. The number of benzene rings is 1. The SMILES string of the molecule is CC(Oc1ccccc1)C(=O)NCc1ccnc(N2CCCCC2)n1. The summed E-state index contributed by atoms with van der Waals surface area (Å²) in [6, 6.07) is 11.2. The van der Waals surface area contributed by atoms with Gasteiger partial charge >= 0.3 is 0 Å². The van der Waals surface area contributed by atoms with Crippen molar-refractivity contribution in [3.8, 4) is 5.75 Å². The second-order valence-electron chi connectivity index (χ2n) is 6.19. The molecule has 1 aromatic heterocycles. The standard InChI is InChI=1S/C19H24N4O2/c1-15(25-17-8-4-2-5-9-17)18(24)21-14-16-10-11-20-19(22-16)23-12-6-3-7-13-23/h2,4-5,8-11,15H,3,6-7,12-14H2,1H3,(H,21,24). The number of amides is 1. The molecule has 1 aromatic carbocycles. The van der Waals surface area contributed by atoms with Gasteiger partial charge in [0.25, 0.3) is 5.91 Å². The van der Waals surface area contributed by atoms with Crippen LogP contribution in [-0.4, -0.2) is 35.1 Å². The van der Waals surface area contributed by atoms with Crippen molar-refractivity contribution in [3.05, 3.63) is 48.3 Å². The maximum absolute atomic E-state index is 12.2. The minimum absolute atomic E-state index is 0.165. The van der Waals surface area contributed by atoms with Gasteiger partial charge in [0.15, 0.2) is 6.10 Å². The van der Waals surface area contributed by atoms with Gasteiger partial charge < -0.3 is 15.0 Å². The van der Waals surface area contributed by atoms with E-state index in [1.807, 2.05) is 36.4 Å². The molecular weight excluding hydrogens is 316 g/mol. The van der Waals surface area contributed by atoms with Crippen molar-refractivity contribution < 1.29 is 9.53 Å². The number of ether oxygens (including phenoxy) is 1. The maximum atomic E-state index is 12.2. The van der Waals surface area contributed by atoms with Gasteiger partial charge in [0.2, 0.25) is 5.95 Å². The summed E-state index contributed by atoms with van der Waals surface area (Å²) in [6.07, 6.45) is 4.82. The average molecular weight is 340 g/mol. The summed E-state index contributed by atoms with van der Waals surface area (Å²) < 4.78 is 5.63. The molecule has 132 valence electrons. The van der Waals surface area contributed by atoms with E-state index >= 15 is 0 Å². The fourth-order valence-corrected chi connectivity index (χ4v) is 2.81. The van der Waals surface area contributed by atoms with Crippen LogP contribution in [0.2, 0.25) is 0 Å². The van der Waals surface area contributed by atoms with Crippen LogP contribution in [0.25, 0.3) is 0 Å². The van der Waals surface area contributed by atoms with Crippen LogP contribution >= 0.6 is 0 Å². The summed E-state index contributed by atoms with van der Waals surface area (Å²) >= 11 is 0. The summed E-state index contributed by atoms with van der Waals surface area (Å²) in [5, 5.41) is 2.88. The first-order valence-corrected chi connectivity index (χ1v) is 8.78. The molecule has 1 atom stereocenters. The van der Waals surface area contributed by atoms with Crippen molar-refractivity contribution in [2.24, 2.45) is 0 Å². The van der Waals surface area contributed by atoms with Crippen LogP contribution in [-0.2, 0) is 11.3 Å². The van der Waals surface area contributed by atoms with E-state index in [1.54, 1.807) is 13.1 Å². The van der Waals surface area contributed by atoms with E-state index < -0.39 is 6.10 Å². The van der Waals surface area contributed by atoms with Crippen LogP contribution in [0.3, 0.4) is 0 Å². The van der Waals surface area contributed by atoms with Gasteiger partial charge in [-0.2, -0.15) is 0 Å². The zero-order valence-electron chi connectivity index (χ0n) is 14.5. The van der Waals surface area contributed by atoms with E-state index in [0.29, 0.717) is 12.3 Å². The largest absolute Gasteiger partial charge is 0.481 e. The summed E-state index contributed by atoms with van der Waals surface area (Å²) in [7, 11) is 0. The van der Waals surface area contributed by atoms with Crippen LogP contribution in [0, 0.1) is 0 Å². The Bertz CT molecular complexity index is 687. The lowest BCUT2D eigenvalue weighted by molar-refractivity contribution is -0.127. The number of piperidine rings is 1. The monoisotopic (exact) mass is 340 g/mol. The quantitative estimate of drug-likeness (QED) is 0.875. The van der Waals surface area contributed by atoms with E-state index in [9.17, 15) is 4.79 Å². The van der Waals surface area contributed by atoms with E-state index in [2.05, 4.69) is 20.2 Å². The molecule has 1 aliphatic heterocycles. The molecular formula is C19H24N4O2. The lowest BCUT2D eigenvalue weighted by Gasteiger charge is -2.26. The lowest BCUT2D eigenvalue weighted by atomic mass is 10.1. The van der Waals surface area contributed by atoms with Crippen molar-refractivity contribution in [2.75, 3.05) is 18.0 Å². The number of para-hydroxylation sites is 1. The molecule has 0 radical (unpaired) electrons. The topological polar surface area (TPSA) is 67.3 Å². The highest BCUT2D eigenvalue weighted by Crippen LogP contribution is 2.15. The highest BCUT2D eigenvalue weighted by Gasteiger charge is 2.16. The van der Waals surface area contributed by atoms with Crippen LogP contribution < -0.4 is 15.0 Å². The number of nitrogens with one attached hydrogen (secondary N) is 1. The molecule has 3 rings (SSSR count). The number of rotatable bonds is 6. The Morgan fingerprint density at radius 1 is 1.20 bits per heavy atom. The second kappa shape index (κ2) is 8.46. The minimum Gasteiger partial charge on any atom is -0.481 e. The Hall–Kier alpha value is -2.63. The molecule has 2 aromatic rings. The molecule has 1 aliphatic rings. The average Bonchev–Trinajstić information content (AvgIpc) is 2.68. The third-order valence-electron chi connectivity index (χ3n) is 4.21. The number of carbonyl (C=O) groups is 1. The number of carbonyl (C=O) groups excluding carboxylic acids is 1. The maximum Gasteiger partial charge on any atom is 0.261 e. The van der Waals surface area contributed by atoms with Gasteiger partial charge in [-0.3, -0.25) is 4.79 Å². The normalized spacial score (nSPS) is 15.5. The first-order valence-electron chi connectivity index (χ1n) is 8.78. The zero-order chi connectivity index (χ0) is 17.5. The van der Waals surface area contributed by atoms with Crippen molar-refractivity contribution in [3.63, 3.8) is 0 Å². The van der Waals surface area contributed by atoms with E-state index in [0.717, 1.165) is 24.7 Å². The molecule has 25 heavy (non-hydrogen) atoms. The Kier molecular flexibility index (Phi) is 5.82. The van der Waals surface area contributed by atoms with Crippen molar-refractivity contribution in [1.82, 2.24) is 15.3 Å². The number of hydrogen-bond acceptors (Lipinski definition) is 5. The second-order valence-corrected chi connectivity index (χ2v) is 6.19. The summed E-state index contributed by atoms with van der Waals surface area (Å²) in [5.41, 5.74) is 0.802.